The summed E-state index contributed by atoms with van der Waals surface area (Å²) < 4.78 is 32.5. The molecule has 0 saturated heterocycles. The Morgan fingerprint density at radius 3 is 2.46 bits per heavy atom. The van der Waals surface area contributed by atoms with E-state index in [2.05, 4.69) is 10.6 Å². The van der Waals surface area contributed by atoms with Crippen molar-refractivity contribution >= 4 is 11.7 Å². The molecule has 0 radical (unpaired) electrons. The third-order valence-corrected chi connectivity index (χ3v) is 3.55. The largest absolute Gasteiger partial charge is 0.455 e. The number of anilines is 1. The molecular formula is C20H16F2N2O2. The summed E-state index contributed by atoms with van der Waals surface area (Å²) in [6, 6.07) is 18.6. The first-order valence-electron chi connectivity index (χ1n) is 7.92. The monoisotopic (exact) mass is 354 g/mol. The first-order valence-corrected chi connectivity index (χ1v) is 7.92. The summed E-state index contributed by atoms with van der Waals surface area (Å²) >= 11 is 0. The van der Waals surface area contributed by atoms with E-state index >= 15 is 0 Å². The number of halogens is 2. The van der Waals surface area contributed by atoms with E-state index in [0.29, 0.717) is 17.2 Å². The van der Waals surface area contributed by atoms with Gasteiger partial charge in [-0.1, -0.05) is 30.3 Å². The van der Waals surface area contributed by atoms with E-state index in [1.165, 1.54) is 0 Å². The van der Waals surface area contributed by atoms with Gasteiger partial charge in [0.15, 0.2) is 5.75 Å². The minimum atomic E-state index is -0.584. The molecule has 3 aromatic rings. The van der Waals surface area contributed by atoms with Gasteiger partial charge in [-0.25, -0.2) is 13.6 Å². The molecule has 4 nitrogen and oxygen atoms in total. The van der Waals surface area contributed by atoms with Crippen molar-refractivity contribution in [1.29, 1.82) is 0 Å². The minimum Gasteiger partial charge on any atom is -0.455 e. The lowest BCUT2D eigenvalue weighted by Gasteiger charge is -2.13. The Bertz CT molecular complexity index is 901. The van der Waals surface area contributed by atoms with Gasteiger partial charge in [0, 0.05) is 12.1 Å². The molecule has 0 aliphatic carbocycles. The molecule has 6 heteroatoms. The van der Waals surface area contributed by atoms with Crippen molar-refractivity contribution in [3.63, 3.8) is 0 Å². The summed E-state index contributed by atoms with van der Waals surface area (Å²) in [5.74, 6) is -0.0560. The highest BCUT2D eigenvalue weighted by atomic mass is 19.1. The summed E-state index contributed by atoms with van der Waals surface area (Å²) in [6.07, 6.45) is 0. The molecule has 0 unspecified atom stereocenters. The third-order valence-electron chi connectivity index (χ3n) is 3.55. The van der Waals surface area contributed by atoms with Crippen LogP contribution in [0.25, 0.3) is 0 Å². The molecule has 2 amide bonds. The number of carbonyl (C=O) groups is 1. The molecule has 0 atom stereocenters. The van der Waals surface area contributed by atoms with Crippen LogP contribution in [0.2, 0.25) is 0 Å². The Balaban J connectivity index is 1.65. The summed E-state index contributed by atoms with van der Waals surface area (Å²) in [5, 5.41) is 5.14. The number of hydrogen-bond donors (Lipinski definition) is 2. The molecule has 0 heterocycles. The van der Waals surface area contributed by atoms with E-state index in [0.717, 1.165) is 18.2 Å². The van der Waals surface area contributed by atoms with Gasteiger partial charge < -0.3 is 15.4 Å². The van der Waals surface area contributed by atoms with E-state index in [-0.39, 0.29) is 12.1 Å². The maximum atomic E-state index is 13.6. The molecule has 26 heavy (non-hydrogen) atoms. The standard InChI is InChI=1S/C20H16F2N2O2/c21-15-10-11-17(22)14(12-15)13-23-20(25)24-18-8-4-5-9-19(18)26-16-6-2-1-3-7-16/h1-12H,13H2,(H2,23,24,25). The average Bonchev–Trinajstić information content (AvgIpc) is 2.65. The molecule has 0 aliphatic rings. The number of benzene rings is 3. The molecule has 2 N–H and O–H groups in total. The number of nitrogens with one attached hydrogen (secondary N) is 2. The molecule has 132 valence electrons. The maximum absolute atomic E-state index is 13.6. The molecule has 0 saturated carbocycles. The Morgan fingerprint density at radius 1 is 0.923 bits per heavy atom. The van der Waals surface area contributed by atoms with Gasteiger partial charge in [-0.2, -0.15) is 0 Å². The van der Waals surface area contributed by atoms with Gasteiger partial charge in [0.1, 0.15) is 17.4 Å². The maximum Gasteiger partial charge on any atom is 0.319 e. The van der Waals surface area contributed by atoms with E-state index in [1.807, 2.05) is 18.2 Å². The van der Waals surface area contributed by atoms with Gasteiger partial charge in [-0.15, -0.1) is 0 Å². The van der Waals surface area contributed by atoms with Crippen LogP contribution in [0.4, 0.5) is 19.3 Å². The Kier molecular flexibility index (Phi) is 5.43. The number of rotatable bonds is 5. The van der Waals surface area contributed by atoms with Crippen LogP contribution in [0.5, 0.6) is 11.5 Å². The van der Waals surface area contributed by atoms with E-state index < -0.39 is 17.7 Å². The first kappa shape index (κ1) is 17.4. The molecule has 0 bridgehead atoms. The van der Waals surface area contributed by atoms with Crippen LogP contribution in [-0.2, 0) is 6.54 Å². The second-order valence-corrected chi connectivity index (χ2v) is 5.45. The topological polar surface area (TPSA) is 50.4 Å². The Hall–Kier alpha value is -3.41. The van der Waals surface area contributed by atoms with Crippen LogP contribution in [0.3, 0.4) is 0 Å². The lowest BCUT2D eigenvalue weighted by atomic mass is 10.2. The fourth-order valence-electron chi connectivity index (χ4n) is 2.30. The van der Waals surface area contributed by atoms with Crippen molar-refractivity contribution in [3.8, 4) is 11.5 Å². The van der Waals surface area contributed by atoms with Gasteiger partial charge in [0.05, 0.1) is 5.69 Å². The molecule has 0 fully saturated rings. The fraction of sp³-hybridized carbons (Fsp3) is 0.0500. The van der Waals surface area contributed by atoms with Crippen LogP contribution in [0.15, 0.2) is 72.8 Å². The highest BCUT2D eigenvalue weighted by molar-refractivity contribution is 5.90. The smallest absolute Gasteiger partial charge is 0.319 e. The quantitative estimate of drug-likeness (QED) is 0.671. The average molecular weight is 354 g/mol. The van der Waals surface area contributed by atoms with Crippen LogP contribution in [-0.4, -0.2) is 6.03 Å². The van der Waals surface area contributed by atoms with Gasteiger partial charge >= 0.3 is 6.03 Å². The lowest BCUT2D eigenvalue weighted by molar-refractivity contribution is 0.251. The summed E-state index contributed by atoms with van der Waals surface area (Å²) in [6.45, 7) is -0.142. The predicted octanol–water partition coefficient (Wildman–Crippen LogP) is 5.08. The van der Waals surface area contributed by atoms with Crippen molar-refractivity contribution in [3.05, 3.63) is 90.0 Å². The number of para-hydroxylation sites is 3. The summed E-state index contributed by atoms with van der Waals surface area (Å²) in [7, 11) is 0. The number of hydrogen-bond acceptors (Lipinski definition) is 2. The van der Waals surface area contributed by atoms with Crippen molar-refractivity contribution in [2.24, 2.45) is 0 Å². The number of amides is 2. The number of ether oxygens (including phenoxy) is 1. The van der Waals surface area contributed by atoms with Crippen molar-refractivity contribution in [2.75, 3.05) is 5.32 Å². The zero-order valence-electron chi connectivity index (χ0n) is 13.7. The molecule has 0 spiro atoms. The molecular weight excluding hydrogens is 338 g/mol. The van der Waals surface area contributed by atoms with E-state index in [4.69, 9.17) is 4.74 Å². The van der Waals surface area contributed by atoms with Crippen LogP contribution < -0.4 is 15.4 Å². The molecule has 3 aromatic carbocycles. The number of carbonyl (C=O) groups excluding carboxylic acids is 1. The number of urea groups is 1. The predicted molar refractivity (Wildman–Crippen MR) is 95.2 cm³/mol. The molecule has 0 aromatic heterocycles. The second kappa shape index (κ2) is 8.11. The first-order chi connectivity index (χ1) is 12.6. The van der Waals surface area contributed by atoms with Gasteiger partial charge in [0.25, 0.3) is 0 Å². The third kappa shape index (κ3) is 4.57. The van der Waals surface area contributed by atoms with Gasteiger partial charge in [-0.05, 0) is 42.5 Å². The summed E-state index contributed by atoms with van der Waals surface area (Å²) in [4.78, 5) is 12.1. The normalized spacial score (nSPS) is 10.2. The lowest BCUT2D eigenvalue weighted by Crippen LogP contribution is -2.28. The van der Waals surface area contributed by atoms with Gasteiger partial charge in [-0.3, -0.25) is 0 Å². The highest BCUT2D eigenvalue weighted by Gasteiger charge is 2.10. The second-order valence-electron chi connectivity index (χ2n) is 5.45. The summed E-state index contributed by atoms with van der Waals surface area (Å²) in [5.41, 5.74) is 0.516. The zero-order valence-corrected chi connectivity index (χ0v) is 13.7. The Labute approximate surface area is 149 Å². The van der Waals surface area contributed by atoms with Crippen molar-refractivity contribution in [1.82, 2.24) is 5.32 Å². The van der Waals surface area contributed by atoms with Crippen LogP contribution >= 0.6 is 0 Å². The minimum absolute atomic E-state index is 0.0639. The van der Waals surface area contributed by atoms with Gasteiger partial charge in [0.2, 0.25) is 0 Å². The van der Waals surface area contributed by atoms with Crippen LogP contribution in [0, 0.1) is 11.6 Å². The van der Waals surface area contributed by atoms with Crippen LogP contribution in [0.1, 0.15) is 5.56 Å². The fourth-order valence-corrected chi connectivity index (χ4v) is 2.30. The Morgan fingerprint density at radius 2 is 1.65 bits per heavy atom. The zero-order chi connectivity index (χ0) is 18.4. The van der Waals surface area contributed by atoms with Crippen molar-refractivity contribution < 1.29 is 18.3 Å². The SMILES string of the molecule is O=C(NCc1cc(F)ccc1F)Nc1ccccc1Oc1ccccc1. The van der Waals surface area contributed by atoms with E-state index in [1.54, 1.807) is 36.4 Å². The molecule has 3 rings (SSSR count). The van der Waals surface area contributed by atoms with E-state index in [9.17, 15) is 13.6 Å². The molecule has 0 aliphatic heterocycles. The van der Waals surface area contributed by atoms with Crippen molar-refractivity contribution in [2.45, 2.75) is 6.54 Å². The highest BCUT2D eigenvalue weighted by Crippen LogP contribution is 2.28.